The van der Waals surface area contributed by atoms with E-state index < -0.39 is 22.0 Å². The van der Waals surface area contributed by atoms with E-state index in [1.54, 1.807) is 0 Å². The minimum Gasteiger partial charge on any atom is -0.273 e. The van der Waals surface area contributed by atoms with Crippen LogP contribution in [0.3, 0.4) is 0 Å². The van der Waals surface area contributed by atoms with Crippen LogP contribution in [0.15, 0.2) is 84.9 Å². The van der Waals surface area contributed by atoms with Gasteiger partial charge in [0.05, 0.1) is 18.2 Å². The van der Waals surface area contributed by atoms with E-state index in [4.69, 9.17) is 0 Å². The van der Waals surface area contributed by atoms with Gasteiger partial charge >= 0.3 is 0 Å². The van der Waals surface area contributed by atoms with Gasteiger partial charge in [0.25, 0.3) is 0 Å². The summed E-state index contributed by atoms with van der Waals surface area (Å²) < 4.78 is 26.6. The van der Waals surface area contributed by atoms with Crippen LogP contribution in [0.25, 0.3) is 0 Å². The van der Waals surface area contributed by atoms with Gasteiger partial charge in [0.1, 0.15) is 0 Å². The molecule has 0 unspecified atom stereocenters. The molecule has 0 radical (unpaired) electrons. The SMILES string of the molecule is CS(=O)(=O)N1C(=O)[C@@H](c2ccccc2)[C@@H]2[C@H](c3ccccc3)c3ccccc3C[C@@H]21. The van der Waals surface area contributed by atoms with Crippen LogP contribution in [0.1, 0.15) is 34.1 Å². The minimum atomic E-state index is -3.69. The number of carbonyl (C=O) groups excluding carboxylic acids is 1. The van der Waals surface area contributed by atoms with Crippen molar-refractivity contribution in [3.8, 4) is 0 Å². The van der Waals surface area contributed by atoms with Crippen LogP contribution in [0.4, 0.5) is 0 Å². The Kier molecular flexibility index (Phi) is 4.51. The van der Waals surface area contributed by atoms with Crippen LogP contribution < -0.4 is 0 Å². The van der Waals surface area contributed by atoms with Gasteiger partial charge in [0, 0.05) is 11.8 Å². The molecule has 4 atom stereocenters. The minimum absolute atomic E-state index is 0.0537. The number of amides is 1. The molecule has 1 heterocycles. The highest BCUT2D eigenvalue weighted by Crippen LogP contribution is 2.53. The van der Waals surface area contributed by atoms with Gasteiger partial charge in [-0.15, -0.1) is 0 Å². The molecule has 1 aliphatic carbocycles. The molecule has 1 amide bonds. The zero-order valence-corrected chi connectivity index (χ0v) is 17.5. The number of fused-ring (bicyclic) bond motifs is 2. The van der Waals surface area contributed by atoms with Gasteiger partial charge in [-0.1, -0.05) is 84.9 Å². The number of rotatable bonds is 3. The third-order valence-corrected chi connectivity index (χ3v) is 7.66. The van der Waals surface area contributed by atoms with E-state index in [0.29, 0.717) is 6.42 Å². The first kappa shape index (κ1) is 19.1. The van der Waals surface area contributed by atoms with Crippen molar-refractivity contribution < 1.29 is 13.2 Å². The maximum absolute atomic E-state index is 13.6. The molecular formula is C25H23NO3S. The fraction of sp³-hybridized carbons (Fsp3) is 0.240. The molecule has 0 N–H and O–H groups in total. The predicted octanol–water partition coefficient (Wildman–Crippen LogP) is 3.95. The van der Waals surface area contributed by atoms with Gasteiger partial charge in [0.2, 0.25) is 15.9 Å². The van der Waals surface area contributed by atoms with Crippen molar-refractivity contribution >= 4 is 15.9 Å². The van der Waals surface area contributed by atoms with Crippen molar-refractivity contribution in [3.05, 3.63) is 107 Å². The summed E-state index contributed by atoms with van der Waals surface area (Å²) in [6.45, 7) is 0. The summed E-state index contributed by atoms with van der Waals surface area (Å²) in [5.41, 5.74) is 4.30. The van der Waals surface area contributed by atoms with Crippen LogP contribution in [-0.2, 0) is 21.2 Å². The average molecular weight is 418 g/mol. The van der Waals surface area contributed by atoms with Gasteiger partial charge in [-0.2, -0.15) is 0 Å². The quantitative estimate of drug-likeness (QED) is 0.649. The zero-order chi connectivity index (χ0) is 20.9. The molecule has 0 spiro atoms. The van der Waals surface area contributed by atoms with E-state index in [1.165, 1.54) is 9.87 Å². The largest absolute Gasteiger partial charge is 0.273 e. The highest BCUT2D eigenvalue weighted by molar-refractivity contribution is 7.88. The fourth-order valence-corrected chi connectivity index (χ4v) is 6.58. The maximum Gasteiger partial charge on any atom is 0.244 e. The average Bonchev–Trinajstić information content (AvgIpc) is 3.04. The first-order chi connectivity index (χ1) is 14.5. The summed E-state index contributed by atoms with van der Waals surface area (Å²) in [7, 11) is -3.69. The highest BCUT2D eigenvalue weighted by atomic mass is 32.2. The molecule has 30 heavy (non-hydrogen) atoms. The molecule has 5 rings (SSSR count). The molecule has 0 saturated carbocycles. The number of carbonyl (C=O) groups is 1. The molecule has 1 fully saturated rings. The zero-order valence-electron chi connectivity index (χ0n) is 16.7. The molecule has 3 aromatic carbocycles. The maximum atomic E-state index is 13.6. The number of sulfonamides is 1. The van der Waals surface area contributed by atoms with Crippen molar-refractivity contribution in [1.29, 1.82) is 0 Å². The van der Waals surface area contributed by atoms with Crippen LogP contribution in [0.2, 0.25) is 0 Å². The lowest BCUT2D eigenvalue weighted by atomic mass is 9.65. The van der Waals surface area contributed by atoms with Crippen LogP contribution in [0, 0.1) is 5.92 Å². The van der Waals surface area contributed by atoms with E-state index in [0.717, 1.165) is 22.9 Å². The van der Waals surface area contributed by atoms with E-state index in [2.05, 4.69) is 24.3 Å². The summed E-state index contributed by atoms with van der Waals surface area (Å²) in [4.78, 5) is 13.6. The molecule has 4 nitrogen and oxygen atoms in total. The smallest absolute Gasteiger partial charge is 0.244 e. The summed E-state index contributed by atoms with van der Waals surface area (Å²) in [6, 6.07) is 27.6. The third-order valence-electron chi connectivity index (χ3n) is 6.49. The molecule has 152 valence electrons. The molecular weight excluding hydrogens is 394 g/mol. The third kappa shape index (κ3) is 2.96. The molecule has 3 aromatic rings. The van der Waals surface area contributed by atoms with Crippen LogP contribution >= 0.6 is 0 Å². The molecule has 5 heteroatoms. The van der Waals surface area contributed by atoms with Crippen molar-refractivity contribution in [1.82, 2.24) is 4.31 Å². The molecule has 1 saturated heterocycles. The Morgan fingerprint density at radius 2 is 1.30 bits per heavy atom. The van der Waals surface area contributed by atoms with E-state index in [-0.39, 0.29) is 17.7 Å². The van der Waals surface area contributed by atoms with Crippen molar-refractivity contribution in [2.45, 2.75) is 24.3 Å². The lowest BCUT2D eigenvalue weighted by molar-refractivity contribution is -0.125. The summed E-state index contributed by atoms with van der Waals surface area (Å²) >= 11 is 0. The van der Waals surface area contributed by atoms with Gasteiger partial charge in [-0.05, 0) is 28.7 Å². The second-order valence-electron chi connectivity index (χ2n) is 8.22. The molecule has 0 bridgehead atoms. The number of hydrogen-bond acceptors (Lipinski definition) is 3. The van der Waals surface area contributed by atoms with Crippen LogP contribution in [0.5, 0.6) is 0 Å². The number of hydrogen-bond donors (Lipinski definition) is 0. The lowest BCUT2D eigenvalue weighted by Gasteiger charge is -2.39. The van der Waals surface area contributed by atoms with Crippen molar-refractivity contribution in [2.24, 2.45) is 5.92 Å². The van der Waals surface area contributed by atoms with Crippen molar-refractivity contribution in [3.63, 3.8) is 0 Å². The Bertz CT molecular complexity index is 1190. The van der Waals surface area contributed by atoms with Gasteiger partial charge < -0.3 is 0 Å². The first-order valence-electron chi connectivity index (χ1n) is 10.2. The van der Waals surface area contributed by atoms with E-state index in [9.17, 15) is 13.2 Å². The van der Waals surface area contributed by atoms with Gasteiger partial charge in [-0.25, -0.2) is 12.7 Å². The van der Waals surface area contributed by atoms with Gasteiger partial charge in [0.15, 0.2) is 0 Å². The Labute approximate surface area is 177 Å². The second-order valence-corrected chi connectivity index (χ2v) is 10.1. The van der Waals surface area contributed by atoms with E-state index >= 15 is 0 Å². The summed E-state index contributed by atoms with van der Waals surface area (Å²) in [5, 5.41) is 0. The fourth-order valence-electron chi connectivity index (χ4n) is 5.43. The van der Waals surface area contributed by atoms with Gasteiger partial charge in [-0.3, -0.25) is 4.79 Å². The Morgan fingerprint density at radius 1 is 0.767 bits per heavy atom. The molecule has 2 aliphatic rings. The Balaban J connectivity index is 1.77. The van der Waals surface area contributed by atoms with Crippen LogP contribution in [-0.4, -0.2) is 30.9 Å². The predicted molar refractivity (Wildman–Crippen MR) is 117 cm³/mol. The Hall–Kier alpha value is -2.92. The Morgan fingerprint density at radius 3 is 1.90 bits per heavy atom. The number of nitrogens with zero attached hydrogens (tertiary/aromatic N) is 1. The highest BCUT2D eigenvalue weighted by Gasteiger charge is 2.57. The standard InChI is InChI=1S/C25H23NO3S/c1-30(28,29)26-21-16-19-14-8-9-15-20(19)22(17-10-4-2-5-11-17)24(21)23(25(26)27)18-12-6-3-7-13-18/h2-15,21-24H,16H2,1H3/t21-,22+,23-,24-/m0/s1. The summed E-state index contributed by atoms with van der Waals surface area (Å²) in [6.07, 6.45) is 1.69. The second kappa shape index (κ2) is 7.10. The first-order valence-corrected chi connectivity index (χ1v) is 12.0. The topological polar surface area (TPSA) is 54.5 Å². The summed E-state index contributed by atoms with van der Waals surface area (Å²) in [5.74, 6) is -1.02. The molecule has 1 aliphatic heterocycles. The number of benzene rings is 3. The van der Waals surface area contributed by atoms with Crippen molar-refractivity contribution in [2.75, 3.05) is 6.26 Å². The lowest BCUT2D eigenvalue weighted by Crippen LogP contribution is -2.44. The monoisotopic (exact) mass is 417 g/mol. The normalized spacial score (nSPS) is 25.6. The molecule has 0 aromatic heterocycles. The van der Waals surface area contributed by atoms with E-state index in [1.807, 2.05) is 60.7 Å².